The van der Waals surface area contributed by atoms with E-state index in [-0.39, 0.29) is 12.5 Å². The van der Waals surface area contributed by atoms with E-state index in [0.29, 0.717) is 11.7 Å². The molecule has 0 atom stereocenters. The molecule has 20 heavy (non-hydrogen) atoms. The summed E-state index contributed by atoms with van der Waals surface area (Å²) < 4.78 is 1.16. The SMILES string of the molecule is C=CCNC(=S)NNC(=O)CNc1ccc(I)cc1C. The van der Waals surface area contributed by atoms with Crippen LogP contribution in [0.4, 0.5) is 5.69 Å². The zero-order valence-corrected chi connectivity index (χ0v) is 14.1. The minimum absolute atomic E-state index is 0.165. The summed E-state index contributed by atoms with van der Waals surface area (Å²) in [6.07, 6.45) is 1.68. The van der Waals surface area contributed by atoms with E-state index in [1.165, 1.54) is 0 Å². The van der Waals surface area contributed by atoms with Gasteiger partial charge in [0.15, 0.2) is 5.11 Å². The summed E-state index contributed by atoms with van der Waals surface area (Å²) in [6.45, 7) is 6.26. The van der Waals surface area contributed by atoms with Gasteiger partial charge in [0.05, 0.1) is 6.54 Å². The van der Waals surface area contributed by atoms with Crippen molar-refractivity contribution in [3.63, 3.8) is 0 Å². The molecule has 4 N–H and O–H groups in total. The summed E-state index contributed by atoms with van der Waals surface area (Å²) in [6, 6.07) is 5.99. The molecule has 0 radical (unpaired) electrons. The van der Waals surface area contributed by atoms with Gasteiger partial charge in [-0.1, -0.05) is 6.08 Å². The van der Waals surface area contributed by atoms with Gasteiger partial charge in [-0.05, 0) is 65.5 Å². The van der Waals surface area contributed by atoms with Crippen LogP contribution in [0.25, 0.3) is 0 Å². The van der Waals surface area contributed by atoms with Crippen LogP contribution in [0, 0.1) is 10.5 Å². The molecule has 1 aromatic rings. The smallest absolute Gasteiger partial charge is 0.257 e. The number of hydrogen-bond donors (Lipinski definition) is 4. The Labute approximate surface area is 137 Å². The van der Waals surface area contributed by atoms with E-state index in [2.05, 4.69) is 50.7 Å². The summed E-state index contributed by atoms with van der Waals surface area (Å²) >= 11 is 7.19. The van der Waals surface area contributed by atoms with E-state index in [0.717, 1.165) is 14.8 Å². The first-order valence-corrected chi connectivity index (χ1v) is 7.45. The molecular weight excluding hydrogens is 387 g/mol. The van der Waals surface area contributed by atoms with Crippen molar-refractivity contribution >= 4 is 51.5 Å². The molecule has 0 aliphatic carbocycles. The Hall–Kier alpha value is -1.35. The molecule has 1 rings (SSSR count). The van der Waals surface area contributed by atoms with Gasteiger partial charge in [0.2, 0.25) is 0 Å². The Bertz CT molecular complexity index is 507. The van der Waals surface area contributed by atoms with Crippen LogP contribution in [-0.4, -0.2) is 24.1 Å². The van der Waals surface area contributed by atoms with Gasteiger partial charge in [0, 0.05) is 15.8 Å². The van der Waals surface area contributed by atoms with Crippen molar-refractivity contribution in [2.45, 2.75) is 6.92 Å². The number of rotatable bonds is 5. The molecule has 5 nitrogen and oxygen atoms in total. The minimum atomic E-state index is -0.203. The average molecular weight is 404 g/mol. The second-order valence-electron chi connectivity index (χ2n) is 3.98. The third-order valence-corrected chi connectivity index (χ3v) is 3.27. The Morgan fingerprint density at radius 2 is 2.20 bits per heavy atom. The van der Waals surface area contributed by atoms with E-state index >= 15 is 0 Å². The van der Waals surface area contributed by atoms with Crippen molar-refractivity contribution < 1.29 is 4.79 Å². The molecule has 1 amide bonds. The van der Waals surface area contributed by atoms with Crippen LogP contribution < -0.4 is 21.5 Å². The molecule has 0 aliphatic heterocycles. The molecule has 0 spiro atoms. The minimum Gasteiger partial charge on any atom is -0.376 e. The van der Waals surface area contributed by atoms with Crippen molar-refractivity contribution in [2.75, 3.05) is 18.4 Å². The van der Waals surface area contributed by atoms with E-state index in [9.17, 15) is 4.79 Å². The lowest BCUT2D eigenvalue weighted by atomic mass is 10.2. The maximum Gasteiger partial charge on any atom is 0.257 e. The molecule has 108 valence electrons. The topological polar surface area (TPSA) is 65.2 Å². The van der Waals surface area contributed by atoms with E-state index in [1.54, 1.807) is 6.08 Å². The lowest BCUT2D eigenvalue weighted by Gasteiger charge is -2.12. The van der Waals surface area contributed by atoms with E-state index < -0.39 is 0 Å². The molecule has 0 aromatic heterocycles. The van der Waals surface area contributed by atoms with Gasteiger partial charge in [0.1, 0.15) is 0 Å². The summed E-state index contributed by atoms with van der Waals surface area (Å²) in [7, 11) is 0. The highest BCUT2D eigenvalue weighted by molar-refractivity contribution is 14.1. The van der Waals surface area contributed by atoms with Gasteiger partial charge in [-0.25, -0.2) is 0 Å². The monoisotopic (exact) mass is 404 g/mol. The molecule has 0 unspecified atom stereocenters. The predicted molar refractivity (Wildman–Crippen MR) is 94.5 cm³/mol. The van der Waals surface area contributed by atoms with Crippen LogP contribution in [0.2, 0.25) is 0 Å². The molecule has 0 bridgehead atoms. The zero-order chi connectivity index (χ0) is 15.0. The summed E-state index contributed by atoms with van der Waals surface area (Å²) in [5.74, 6) is -0.203. The maximum atomic E-state index is 11.6. The quantitative estimate of drug-likeness (QED) is 0.261. The average Bonchev–Trinajstić information content (AvgIpc) is 2.41. The van der Waals surface area contributed by atoms with Gasteiger partial charge in [-0.3, -0.25) is 15.6 Å². The van der Waals surface area contributed by atoms with Gasteiger partial charge in [0.25, 0.3) is 5.91 Å². The van der Waals surface area contributed by atoms with Crippen molar-refractivity contribution in [3.05, 3.63) is 40.0 Å². The number of thiocarbonyl (C=S) groups is 1. The molecule has 1 aromatic carbocycles. The van der Waals surface area contributed by atoms with Gasteiger partial charge in [-0.15, -0.1) is 6.58 Å². The number of anilines is 1. The van der Waals surface area contributed by atoms with Crippen LogP contribution in [0.3, 0.4) is 0 Å². The molecular formula is C13H17IN4OS. The van der Waals surface area contributed by atoms with Crippen molar-refractivity contribution in [2.24, 2.45) is 0 Å². The van der Waals surface area contributed by atoms with Crippen LogP contribution in [0.5, 0.6) is 0 Å². The second-order valence-corrected chi connectivity index (χ2v) is 5.64. The maximum absolute atomic E-state index is 11.6. The fourth-order valence-electron chi connectivity index (χ4n) is 1.38. The lowest BCUT2D eigenvalue weighted by molar-refractivity contribution is -0.119. The third-order valence-electron chi connectivity index (χ3n) is 2.35. The number of nitrogens with one attached hydrogen (secondary N) is 4. The van der Waals surface area contributed by atoms with Gasteiger partial charge >= 0.3 is 0 Å². The molecule has 0 saturated heterocycles. The predicted octanol–water partition coefficient (Wildman–Crippen LogP) is 1.69. The van der Waals surface area contributed by atoms with Crippen molar-refractivity contribution in [1.29, 1.82) is 0 Å². The highest BCUT2D eigenvalue weighted by Crippen LogP contribution is 2.17. The van der Waals surface area contributed by atoms with Crippen LogP contribution in [0.15, 0.2) is 30.9 Å². The van der Waals surface area contributed by atoms with Crippen molar-refractivity contribution in [3.8, 4) is 0 Å². The van der Waals surface area contributed by atoms with E-state index in [4.69, 9.17) is 12.2 Å². The van der Waals surface area contributed by atoms with Gasteiger partial charge in [-0.2, -0.15) is 0 Å². The van der Waals surface area contributed by atoms with Gasteiger partial charge < -0.3 is 10.6 Å². The number of benzene rings is 1. The highest BCUT2D eigenvalue weighted by Gasteiger charge is 2.03. The fourth-order valence-corrected chi connectivity index (χ4v) is 2.16. The first kappa shape index (κ1) is 16.7. The van der Waals surface area contributed by atoms with E-state index in [1.807, 2.05) is 25.1 Å². The number of hydrogen-bond acceptors (Lipinski definition) is 3. The molecule has 0 fully saturated rings. The summed E-state index contributed by atoms with van der Waals surface area (Å²) in [5.41, 5.74) is 7.15. The number of carbonyl (C=O) groups excluding carboxylic acids is 1. The second kappa shape index (κ2) is 8.75. The Kier molecular flexibility index (Phi) is 7.31. The first-order valence-electron chi connectivity index (χ1n) is 5.96. The standard InChI is InChI=1S/C13H17IN4OS/c1-3-6-15-13(20)18-17-12(19)8-16-11-5-4-10(14)7-9(11)2/h3-5,7,16H,1,6,8H2,2H3,(H,17,19)(H2,15,18,20). The molecule has 7 heteroatoms. The molecule has 0 heterocycles. The van der Waals surface area contributed by atoms with Crippen LogP contribution >= 0.6 is 34.8 Å². The number of hydrazine groups is 1. The normalized spacial score (nSPS) is 9.50. The Morgan fingerprint density at radius 1 is 1.45 bits per heavy atom. The third kappa shape index (κ3) is 6.20. The number of halogens is 1. The summed E-state index contributed by atoms with van der Waals surface area (Å²) in [5, 5.41) is 6.27. The lowest BCUT2D eigenvalue weighted by Crippen LogP contribution is -2.48. The first-order chi connectivity index (χ1) is 9.52. The zero-order valence-electron chi connectivity index (χ0n) is 11.1. The molecule has 0 saturated carbocycles. The Balaban J connectivity index is 2.32. The van der Waals surface area contributed by atoms with Crippen LogP contribution in [0.1, 0.15) is 5.56 Å². The molecule has 0 aliphatic rings. The van der Waals surface area contributed by atoms with Crippen molar-refractivity contribution in [1.82, 2.24) is 16.2 Å². The largest absolute Gasteiger partial charge is 0.376 e. The fraction of sp³-hybridized carbons (Fsp3) is 0.231. The van der Waals surface area contributed by atoms with Crippen LogP contribution in [-0.2, 0) is 4.79 Å². The Morgan fingerprint density at radius 3 is 2.85 bits per heavy atom. The number of amides is 1. The number of carbonyl (C=O) groups is 1. The summed E-state index contributed by atoms with van der Waals surface area (Å²) in [4.78, 5) is 11.6. The number of aryl methyl sites for hydroxylation is 1. The highest BCUT2D eigenvalue weighted by atomic mass is 127.